The number of aliphatic hydroxyl groups is 1. The summed E-state index contributed by atoms with van der Waals surface area (Å²) in [6.07, 6.45) is 2.17. The number of piperidine rings is 1. The molecule has 0 aromatic rings. The molecule has 102 valence electrons. The molecule has 0 aromatic heterocycles. The summed E-state index contributed by atoms with van der Waals surface area (Å²) in [4.78, 5) is 2.57. The van der Waals surface area contributed by atoms with E-state index in [0.29, 0.717) is 17.3 Å². The van der Waals surface area contributed by atoms with E-state index in [1.807, 2.05) is 6.92 Å². The lowest BCUT2D eigenvalue weighted by Crippen LogP contribution is -2.42. The Kier molecular flexibility index (Phi) is 5.94. The zero-order valence-electron chi connectivity index (χ0n) is 11.7. The van der Waals surface area contributed by atoms with Gasteiger partial charge >= 0.3 is 0 Å². The first kappa shape index (κ1) is 15.5. The first-order valence-corrected chi connectivity index (χ1v) is 7.93. The summed E-state index contributed by atoms with van der Waals surface area (Å²) in [5.41, 5.74) is 0.366. The maximum absolute atomic E-state index is 9.59. The van der Waals surface area contributed by atoms with Crippen molar-refractivity contribution in [3.8, 4) is 0 Å². The number of nitrogens with zero attached hydrogens (tertiary/aromatic N) is 1. The number of likely N-dealkylation sites (tertiary alicyclic amines) is 1. The van der Waals surface area contributed by atoms with Crippen LogP contribution >= 0.6 is 15.9 Å². The van der Waals surface area contributed by atoms with Crippen molar-refractivity contribution in [1.82, 2.24) is 4.90 Å². The fourth-order valence-electron chi connectivity index (χ4n) is 2.48. The van der Waals surface area contributed by atoms with Gasteiger partial charge in [0.15, 0.2) is 0 Å². The molecule has 1 heterocycles. The molecule has 0 aliphatic carbocycles. The van der Waals surface area contributed by atoms with Crippen molar-refractivity contribution in [2.24, 2.45) is 17.3 Å². The minimum absolute atomic E-state index is 0.133. The molecule has 1 saturated heterocycles. The molecule has 0 aromatic carbocycles. The molecule has 0 saturated carbocycles. The van der Waals surface area contributed by atoms with E-state index in [1.54, 1.807) is 0 Å². The Hall–Kier alpha value is 0.400. The number of aliphatic hydroxyl groups excluding tert-OH is 1. The van der Waals surface area contributed by atoms with Crippen molar-refractivity contribution in [2.75, 3.05) is 25.0 Å². The van der Waals surface area contributed by atoms with Gasteiger partial charge in [0, 0.05) is 11.9 Å². The maximum Gasteiger partial charge on any atom is 0.0541 e. The Morgan fingerprint density at radius 3 is 2.18 bits per heavy atom. The second kappa shape index (κ2) is 6.53. The molecule has 0 spiro atoms. The van der Waals surface area contributed by atoms with Crippen LogP contribution in [-0.4, -0.2) is 41.1 Å². The van der Waals surface area contributed by atoms with Crippen LogP contribution in [0.5, 0.6) is 0 Å². The monoisotopic (exact) mass is 305 g/mol. The minimum atomic E-state index is -0.133. The van der Waals surface area contributed by atoms with Crippen molar-refractivity contribution in [3.63, 3.8) is 0 Å². The Labute approximate surface area is 115 Å². The molecule has 17 heavy (non-hydrogen) atoms. The van der Waals surface area contributed by atoms with E-state index in [9.17, 15) is 5.11 Å². The van der Waals surface area contributed by atoms with Gasteiger partial charge in [-0.25, -0.2) is 0 Å². The summed E-state index contributed by atoms with van der Waals surface area (Å²) in [6, 6.07) is 0. The fourth-order valence-corrected chi connectivity index (χ4v) is 3.66. The summed E-state index contributed by atoms with van der Waals surface area (Å²) in [5, 5.41) is 10.7. The van der Waals surface area contributed by atoms with E-state index in [4.69, 9.17) is 0 Å². The highest BCUT2D eigenvalue weighted by atomic mass is 79.9. The molecular formula is C14H28BrNO. The summed E-state index contributed by atoms with van der Waals surface area (Å²) >= 11 is 3.65. The zero-order chi connectivity index (χ0) is 13.1. The molecule has 3 heteroatoms. The van der Waals surface area contributed by atoms with Gasteiger partial charge < -0.3 is 10.0 Å². The molecule has 0 bridgehead atoms. The van der Waals surface area contributed by atoms with Gasteiger partial charge in [0.25, 0.3) is 0 Å². The van der Waals surface area contributed by atoms with Gasteiger partial charge in [-0.3, -0.25) is 0 Å². The van der Waals surface area contributed by atoms with Crippen molar-refractivity contribution in [2.45, 2.75) is 46.6 Å². The molecular weight excluding hydrogens is 278 g/mol. The Bertz CT molecular complexity index is 217. The highest BCUT2D eigenvalue weighted by molar-refractivity contribution is 9.09. The van der Waals surface area contributed by atoms with E-state index in [1.165, 1.54) is 6.54 Å². The molecule has 0 radical (unpaired) electrons. The van der Waals surface area contributed by atoms with E-state index in [-0.39, 0.29) is 6.10 Å². The topological polar surface area (TPSA) is 23.5 Å². The molecule has 0 amide bonds. The number of alkyl halides is 1. The van der Waals surface area contributed by atoms with Crippen LogP contribution < -0.4 is 0 Å². The third-order valence-corrected chi connectivity index (χ3v) is 4.99. The molecule has 2 nitrogen and oxygen atoms in total. The molecule has 1 aliphatic rings. The van der Waals surface area contributed by atoms with Crippen LogP contribution in [0.1, 0.15) is 40.5 Å². The van der Waals surface area contributed by atoms with Crippen LogP contribution in [0.2, 0.25) is 0 Å². The molecule has 2 atom stereocenters. The SMILES string of the molecule is CC(O)C1CCN(CC(CBr)C(C)(C)C)CC1. The quantitative estimate of drug-likeness (QED) is 0.807. The first-order valence-electron chi connectivity index (χ1n) is 6.81. The summed E-state index contributed by atoms with van der Waals surface area (Å²) < 4.78 is 0. The standard InChI is InChI=1S/C14H28BrNO/c1-11(17)12-5-7-16(8-6-12)10-13(9-15)14(2,3)4/h11-13,17H,5-10H2,1-4H3. The normalized spacial score (nSPS) is 23.6. The van der Waals surface area contributed by atoms with E-state index >= 15 is 0 Å². The zero-order valence-corrected chi connectivity index (χ0v) is 13.3. The van der Waals surface area contributed by atoms with Gasteiger partial charge in [0.2, 0.25) is 0 Å². The predicted octanol–water partition coefficient (Wildman–Crippen LogP) is 3.14. The van der Waals surface area contributed by atoms with Crippen LogP contribution in [-0.2, 0) is 0 Å². The lowest BCUT2D eigenvalue weighted by atomic mass is 9.81. The Morgan fingerprint density at radius 1 is 1.29 bits per heavy atom. The summed E-state index contributed by atoms with van der Waals surface area (Å²) in [5.74, 6) is 1.22. The average Bonchev–Trinajstić information content (AvgIpc) is 2.24. The number of rotatable bonds is 4. The van der Waals surface area contributed by atoms with Gasteiger partial charge in [-0.2, -0.15) is 0 Å². The van der Waals surface area contributed by atoms with E-state index in [2.05, 4.69) is 41.6 Å². The van der Waals surface area contributed by atoms with Crippen LogP contribution in [0.15, 0.2) is 0 Å². The smallest absolute Gasteiger partial charge is 0.0541 e. The van der Waals surface area contributed by atoms with Crippen LogP contribution in [0, 0.1) is 17.3 Å². The predicted molar refractivity (Wildman–Crippen MR) is 77.6 cm³/mol. The van der Waals surface area contributed by atoms with Gasteiger partial charge in [-0.1, -0.05) is 36.7 Å². The lowest BCUT2D eigenvalue weighted by molar-refractivity contribution is 0.0593. The van der Waals surface area contributed by atoms with Gasteiger partial charge in [-0.15, -0.1) is 0 Å². The van der Waals surface area contributed by atoms with Crippen molar-refractivity contribution < 1.29 is 5.11 Å². The second-order valence-electron chi connectivity index (χ2n) is 6.60. The minimum Gasteiger partial charge on any atom is -0.393 e. The highest BCUT2D eigenvalue weighted by Gasteiger charge is 2.28. The van der Waals surface area contributed by atoms with Crippen molar-refractivity contribution in [1.29, 1.82) is 0 Å². The summed E-state index contributed by atoms with van der Waals surface area (Å²) in [7, 11) is 0. The third-order valence-electron chi connectivity index (χ3n) is 4.20. The van der Waals surface area contributed by atoms with Gasteiger partial charge in [0.1, 0.15) is 0 Å². The summed E-state index contributed by atoms with van der Waals surface area (Å²) in [6.45, 7) is 12.4. The number of hydrogen-bond donors (Lipinski definition) is 1. The average molecular weight is 306 g/mol. The third kappa shape index (κ3) is 4.88. The highest BCUT2D eigenvalue weighted by Crippen LogP contribution is 2.30. The lowest BCUT2D eigenvalue weighted by Gasteiger charge is -2.38. The van der Waals surface area contributed by atoms with E-state index in [0.717, 1.165) is 31.3 Å². The molecule has 1 aliphatic heterocycles. The van der Waals surface area contributed by atoms with Crippen LogP contribution in [0.25, 0.3) is 0 Å². The molecule has 1 fully saturated rings. The van der Waals surface area contributed by atoms with E-state index < -0.39 is 0 Å². The van der Waals surface area contributed by atoms with Crippen LogP contribution in [0.4, 0.5) is 0 Å². The molecule has 2 unspecified atom stereocenters. The maximum atomic E-state index is 9.59. The fraction of sp³-hybridized carbons (Fsp3) is 1.00. The van der Waals surface area contributed by atoms with Crippen molar-refractivity contribution in [3.05, 3.63) is 0 Å². The largest absolute Gasteiger partial charge is 0.393 e. The first-order chi connectivity index (χ1) is 7.84. The van der Waals surface area contributed by atoms with Crippen molar-refractivity contribution >= 4 is 15.9 Å². The number of hydrogen-bond acceptors (Lipinski definition) is 2. The van der Waals surface area contributed by atoms with Gasteiger partial charge in [0.05, 0.1) is 6.10 Å². The van der Waals surface area contributed by atoms with Crippen LogP contribution in [0.3, 0.4) is 0 Å². The number of halogens is 1. The second-order valence-corrected chi connectivity index (χ2v) is 7.24. The Balaban J connectivity index is 2.39. The Morgan fingerprint density at radius 2 is 1.82 bits per heavy atom. The molecule has 1 rings (SSSR count). The van der Waals surface area contributed by atoms with Gasteiger partial charge in [-0.05, 0) is 50.1 Å². The molecule has 1 N–H and O–H groups in total.